The van der Waals surface area contributed by atoms with E-state index in [1.165, 1.54) is 6.07 Å². The number of carboxylic acid groups (broad SMARTS) is 1. The molecular formula is C45H65N5O11. The quantitative estimate of drug-likeness (QED) is 0.162. The number of rotatable bonds is 18. The lowest BCUT2D eigenvalue weighted by molar-refractivity contribution is -0.125. The van der Waals surface area contributed by atoms with Crippen LogP contribution < -0.4 is 5.32 Å². The monoisotopic (exact) mass is 851 g/mol. The molecule has 2 fully saturated rings. The van der Waals surface area contributed by atoms with Gasteiger partial charge in [-0.25, -0.2) is 14.6 Å². The molecule has 2 aliphatic carbocycles. The summed E-state index contributed by atoms with van der Waals surface area (Å²) in [7, 11) is 0. The van der Waals surface area contributed by atoms with Crippen LogP contribution in [0.2, 0.25) is 0 Å². The van der Waals surface area contributed by atoms with Crippen molar-refractivity contribution < 1.29 is 52.6 Å². The van der Waals surface area contributed by atoms with Crippen molar-refractivity contribution in [3.63, 3.8) is 0 Å². The molecule has 0 aromatic carbocycles. The number of aromatic carboxylic acids is 1. The lowest BCUT2D eigenvalue weighted by atomic mass is 9.95. The number of carboxylic acids is 1. The van der Waals surface area contributed by atoms with E-state index in [-0.39, 0.29) is 16.9 Å². The molecule has 5 rings (SSSR count). The van der Waals surface area contributed by atoms with Crippen LogP contribution in [0.15, 0.2) is 42.6 Å². The maximum Gasteiger partial charge on any atom is 0.407 e. The van der Waals surface area contributed by atoms with Gasteiger partial charge in [0.2, 0.25) is 0 Å². The fourth-order valence-corrected chi connectivity index (χ4v) is 8.00. The summed E-state index contributed by atoms with van der Waals surface area (Å²) in [5.74, 6) is 6.42. The molecule has 336 valence electrons. The summed E-state index contributed by atoms with van der Waals surface area (Å²) in [5.41, 5.74) is 1.58. The van der Waals surface area contributed by atoms with Gasteiger partial charge in [-0.15, -0.1) is 11.8 Å². The summed E-state index contributed by atoms with van der Waals surface area (Å²) >= 11 is 0. The van der Waals surface area contributed by atoms with E-state index >= 15 is 0 Å². The van der Waals surface area contributed by atoms with Gasteiger partial charge in [0.1, 0.15) is 11.7 Å². The molecule has 2 N–H and O–H groups in total. The van der Waals surface area contributed by atoms with Gasteiger partial charge in [-0.05, 0) is 54.9 Å². The largest absolute Gasteiger partial charge is 0.477 e. The molecule has 2 aromatic heterocycles. The minimum Gasteiger partial charge on any atom is -0.477 e. The Labute approximate surface area is 360 Å². The fraction of sp³-hybridized carbons (Fsp3) is 0.667. The average Bonchev–Trinajstić information content (AvgIpc) is 3.80. The van der Waals surface area contributed by atoms with E-state index in [1.54, 1.807) is 12.3 Å². The fourth-order valence-electron chi connectivity index (χ4n) is 8.00. The number of carbonyl (C=O) groups excluding carboxylic acids is 2. The minimum atomic E-state index is -1.06. The Morgan fingerprint density at radius 1 is 0.869 bits per heavy atom. The number of hydrogen-bond acceptors (Lipinski definition) is 14. The number of pyridine rings is 2. The van der Waals surface area contributed by atoms with Gasteiger partial charge in [0.05, 0.1) is 90.7 Å². The summed E-state index contributed by atoms with van der Waals surface area (Å²) in [4.78, 5) is 50.5. The number of Topliss-reactive ketones (excluding diaryl/α,β-unsaturated/α-hetero) is 1. The highest BCUT2D eigenvalue weighted by Gasteiger charge is 2.60. The van der Waals surface area contributed by atoms with E-state index in [2.05, 4.69) is 43.8 Å². The average molecular weight is 852 g/mol. The molecule has 1 unspecified atom stereocenters. The highest BCUT2D eigenvalue weighted by Crippen LogP contribution is 2.63. The van der Waals surface area contributed by atoms with Gasteiger partial charge in [-0.1, -0.05) is 19.1 Å². The molecule has 61 heavy (non-hydrogen) atoms. The predicted octanol–water partition coefficient (Wildman–Crippen LogP) is 4.04. The maximum absolute atomic E-state index is 13.9. The van der Waals surface area contributed by atoms with Crippen LogP contribution in [0, 0.1) is 29.1 Å². The molecule has 0 bridgehead atoms. The van der Waals surface area contributed by atoms with Gasteiger partial charge in [-0.2, -0.15) is 0 Å². The van der Waals surface area contributed by atoms with Crippen molar-refractivity contribution in [2.75, 3.05) is 119 Å². The van der Waals surface area contributed by atoms with Crippen LogP contribution >= 0.6 is 0 Å². The van der Waals surface area contributed by atoms with Crippen LogP contribution in [0.25, 0.3) is 0 Å². The molecule has 0 radical (unpaired) electrons. The van der Waals surface area contributed by atoms with Crippen molar-refractivity contribution in [2.24, 2.45) is 17.3 Å². The Kier molecular flexibility index (Phi) is 21.3. The van der Waals surface area contributed by atoms with Crippen LogP contribution in [0.5, 0.6) is 0 Å². The number of alkyl carbamates (subject to hydrolysis) is 1. The van der Waals surface area contributed by atoms with Crippen molar-refractivity contribution >= 4 is 17.8 Å². The molecule has 1 saturated heterocycles. The van der Waals surface area contributed by atoms with Crippen LogP contribution in [-0.2, 0) is 44.5 Å². The van der Waals surface area contributed by atoms with Gasteiger partial charge in [0.25, 0.3) is 0 Å². The first-order valence-electron chi connectivity index (χ1n) is 21.8. The predicted molar refractivity (Wildman–Crippen MR) is 225 cm³/mol. The number of fused-ring (bicyclic) bond motifs is 1. The highest BCUT2D eigenvalue weighted by atomic mass is 16.6. The van der Waals surface area contributed by atoms with Crippen molar-refractivity contribution in [1.29, 1.82) is 0 Å². The molecule has 16 heteroatoms. The zero-order valence-electron chi connectivity index (χ0n) is 35.8. The maximum atomic E-state index is 13.9. The summed E-state index contributed by atoms with van der Waals surface area (Å²) in [6.45, 7) is 10.5. The second-order valence-corrected chi connectivity index (χ2v) is 15.7. The Balaban J connectivity index is 0.976. The van der Waals surface area contributed by atoms with E-state index in [0.717, 1.165) is 25.7 Å². The normalized spacial score (nSPS) is 23.0. The lowest BCUT2D eigenvalue weighted by Gasteiger charge is -2.30. The molecular weight excluding hydrogens is 787 g/mol. The smallest absolute Gasteiger partial charge is 0.407 e. The van der Waals surface area contributed by atoms with Gasteiger partial charge < -0.3 is 43.6 Å². The zero-order chi connectivity index (χ0) is 43.0. The SMILES string of the molecule is C[C@]12CCC#CCC[C@H]1[C@H]2COC(=O)NCCOCCOCCCC(=O)C(c1ccccn1)N1CCOCCOCCN(Cc2cccc(C(=O)O)n2)CCOCCOCC1. The van der Waals surface area contributed by atoms with Gasteiger partial charge in [-0.3, -0.25) is 19.6 Å². The zero-order valence-corrected chi connectivity index (χ0v) is 35.8. The van der Waals surface area contributed by atoms with E-state index in [4.69, 9.17) is 33.2 Å². The Morgan fingerprint density at radius 2 is 1.56 bits per heavy atom. The topological polar surface area (TPSA) is 180 Å². The Hall–Kier alpha value is -4.05. The molecule has 0 spiro atoms. The van der Waals surface area contributed by atoms with Gasteiger partial charge in [0.15, 0.2) is 5.78 Å². The number of aromatic nitrogens is 2. The third kappa shape index (κ3) is 17.0. The number of ketones is 1. The Bertz CT molecular complexity index is 1660. The van der Waals surface area contributed by atoms with Crippen molar-refractivity contribution in [3.8, 4) is 11.8 Å². The van der Waals surface area contributed by atoms with Gasteiger partial charge in [0, 0.05) is 77.3 Å². The minimum absolute atomic E-state index is 0.0125. The molecule has 16 nitrogen and oxygen atoms in total. The number of ether oxygens (including phenoxy) is 7. The number of nitrogens with zero attached hydrogens (tertiary/aromatic N) is 4. The van der Waals surface area contributed by atoms with Crippen molar-refractivity contribution in [3.05, 3.63) is 59.7 Å². The molecule has 3 aliphatic rings. The third-order valence-corrected chi connectivity index (χ3v) is 11.5. The lowest BCUT2D eigenvalue weighted by Crippen LogP contribution is -2.39. The summed E-state index contributed by atoms with van der Waals surface area (Å²) in [6.07, 6.45) is 6.12. The van der Waals surface area contributed by atoms with E-state index < -0.39 is 18.1 Å². The highest BCUT2D eigenvalue weighted by molar-refractivity contribution is 5.85. The van der Waals surface area contributed by atoms with Crippen LogP contribution in [0.3, 0.4) is 0 Å². The first kappa shape index (κ1) is 48.0. The summed E-state index contributed by atoms with van der Waals surface area (Å²) in [5, 5.41) is 12.1. The first-order valence-corrected chi connectivity index (χ1v) is 21.8. The van der Waals surface area contributed by atoms with Crippen molar-refractivity contribution in [1.82, 2.24) is 25.1 Å². The molecule has 2 aromatic rings. The summed E-state index contributed by atoms with van der Waals surface area (Å²) < 4.78 is 40.6. The van der Waals surface area contributed by atoms with E-state index in [9.17, 15) is 19.5 Å². The van der Waals surface area contributed by atoms with E-state index in [0.29, 0.717) is 161 Å². The summed E-state index contributed by atoms with van der Waals surface area (Å²) in [6, 6.07) is 10.0. The van der Waals surface area contributed by atoms with Crippen LogP contribution in [0.4, 0.5) is 4.79 Å². The molecule has 1 aliphatic heterocycles. The van der Waals surface area contributed by atoms with E-state index in [1.807, 2.05) is 24.3 Å². The number of nitrogens with one attached hydrogen (secondary N) is 1. The second kappa shape index (κ2) is 27.1. The Morgan fingerprint density at radius 3 is 2.25 bits per heavy atom. The molecule has 4 atom stereocenters. The molecule has 1 saturated carbocycles. The van der Waals surface area contributed by atoms with Crippen molar-refractivity contribution in [2.45, 2.75) is 58.0 Å². The number of amides is 1. The second-order valence-electron chi connectivity index (χ2n) is 15.7. The van der Waals surface area contributed by atoms with Crippen LogP contribution in [0.1, 0.15) is 73.4 Å². The van der Waals surface area contributed by atoms with Crippen LogP contribution in [-0.4, -0.2) is 161 Å². The third-order valence-electron chi connectivity index (χ3n) is 11.5. The molecule has 3 heterocycles. The number of hydrogen-bond donors (Lipinski definition) is 2. The molecule has 1 amide bonds. The van der Waals surface area contributed by atoms with Gasteiger partial charge >= 0.3 is 12.1 Å². The first-order chi connectivity index (χ1) is 29.8. The number of carbonyl (C=O) groups is 3. The standard InChI is InChI=1S/C45H65N5O11/c1-45-15-6-3-2-4-11-37(45)38(45)35-61-44(54)47-17-23-56-29-28-55-22-9-14-41(51)42(39-12-5-7-16-46-39)50-20-26-59-32-30-57-24-18-49(19-25-58-31-33-60-27-21-50)34-36-10-8-13-40(48-36)43(52)53/h5,7-8,10,12-13,16,37-38,42H,4,6,9,11,14-15,17-35H2,1H3,(H,47,54)(H,52,53)/t37-,38+,42?,45-/m0/s1.